The van der Waals surface area contributed by atoms with Crippen LogP contribution in [-0.4, -0.2) is 19.6 Å². The summed E-state index contributed by atoms with van der Waals surface area (Å²) >= 11 is 0. The lowest BCUT2D eigenvalue weighted by Gasteiger charge is -2.14. The van der Waals surface area contributed by atoms with E-state index in [0.717, 1.165) is 5.56 Å². The molecule has 1 aliphatic rings. The molecule has 1 fully saturated rings. The second-order valence-corrected chi connectivity index (χ2v) is 3.08. The first-order valence-corrected chi connectivity index (χ1v) is 4.59. The quantitative estimate of drug-likeness (QED) is 0.709. The number of benzene rings is 1. The third-order valence-corrected chi connectivity index (χ3v) is 2.13. The van der Waals surface area contributed by atoms with E-state index < -0.39 is 6.50 Å². The molecule has 0 aliphatic carbocycles. The van der Waals surface area contributed by atoms with Crippen LogP contribution in [0.1, 0.15) is 20.8 Å². The Labute approximate surface area is 81.7 Å². The largest absolute Gasteiger partial charge is 0.372 e. The molecule has 1 heterocycles. The Morgan fingerprint density at radius 2 is 2.23 bits per heavy atom. The Balaban J connectivity index is 2.06. The van der Waals surface area contributed by atoms with Gasteiger partial charge in [-0.1, -0.05) is 30.3 Å². The van der Waals surface area contributed by atoms with Gasteiger partial charge in [0.15, 0.2) is 0 Å². The van der Waals surface area contributed by atoms with Crippen LogP contribution >= 0.6 is 0 Å². The van der Waals surface area contributed by atoms with Crippen LogP contribution in [0.25, 0.3) is 0 Å². The van der Waals surface area contributed by atoms with Crippen LogP contribution in [-0.2, 0) is 4.74 Å². The van der Waals surface area contributed by atoms with Gasteiger partial charge in [-0.3, -0.25) is 0 Å². The van der Waals surface area contributed by atoms with Gasteiger partial charge in [-0.15, -0.1) is 0 Å². The summed E-state index contributed by atoms with van der Waals surface area (Å²) in [7, 11) is 0. The van der Waals surface area contributed by atoms with Crippen LogP contribution in [0.3, 0.4) is 0 Å². The summed E-state index contributed by atoms with van der Waals surface area (Å²) in [6.07, 6.45) is 0.361. The van der Waals surface area contributed by atoms with E-state index in [4.69, 9.17) is 7.48 Å². The van der Waals surface area contributed by atoms with Gasteiger partial charge in [0.25, 0.3) is 0 Å². The Kier molecular flexibility index (Phi) is 2.22. The summed E-state index contributed by atoms with van der Waals surface area (Å²) in [6.45, 7) is -0.319. The van der Waals surface area contributed by atoms with E-state index in [1.54, 1.807) is 0 Å². The van der Waals surface area contributed by atoms with E-state index >= 15 is 0 Å². The Morgan fingerprint density at radius 3 is 3.08 bits per heavy atom. The summed E-state index contributed by atoms with van der Waals surface area (Å²) in [5, 5.41) is 2.88. The minimum absolute atomic E-state index is 0.0382. The second kappa shape index (κ2) is 4.40. The fourth-order valence-corrected chi connectivity index (χ4v) is 1.45. The number of rotatable bonds is 1. The van der Waals surface area contributed by atoms with Gasteiger partial charge < -0.3 is 10.1 Å². The molecule has 0 aromatic heterocycles. The molecule has 70 valence electrons. The molecule has 1 aromatic rings. The van der Waals surface area contributed by atoms with Gasteiger partial charge in [0.05, 0.1) is 6.10 Å². The average molecular weight is 179 g/mol. The maximum atomic E-state index is 7.59. The normalized spacial score (nSPS) is 30.0. The second-order valence-electron chi connectivity index (χ2n) is 3.08. The number of nitrogens with one attached hydrogen (secondary N) is 1. The summed E-state index contributed by atoms with van der Waals surface area (Å²) in [5.74, 6) is 0. The summed E-state index contributed by atoms with van der Waals surface area (Å²) in [4.78, 5) is 0. The molecule has 1 saturated heterocycles. The summed E-state index contributed by atoms with van der Waals surface area (Å²) in [6, 6.07) is 9.92. The zero-order chi connectivity index (χ0) is 10.7. The van der Waals surface area contributed by atoms with E-state index in [1.807, 2.05) is 30.3 Å². The fourth-order valence-electron chi connectivity index (χ4n) is 1.45. The first-order chi connectivity index (χ1) is 7.17. The van der Waals surface area contributed by atoms with Gasteiger partial charge in [-0.2, -0.15) is 0 Å². The van der Waals surface area contributed by atoms with Gasteiger partial charge >= 0.3 is 0 Å². The standard InChI is InChI=1S/C11H15NO/c1-2-5-10(6-3-1)11-9-12-7-4-8-13-11/h1-3,5-6,11-12H,4,7-9H2/t11-/m1/s1/i7D2. The molecule has 13 heavy (non-hydrogen) atoms. The Bertz CT molecular complexity index is 316. The molecule has 2 rings (SSSR count). The smallest absolute Gasteiger partial charge is 0.0949 e. The number of ether oxygens (including phenoxy) is 1. The zero-order valence-corrected chi connectivity index (χ0v) is 7.49. The monoisotopic (exact) mass is 179 g/mol. The molecule has 1 aliphatic heterocycles. The lowest BCUT2D eigenvalue weighted by atomic mass is 10.1. The van der Waals surface area contributed by atoms with E-state index in [0.29, 0.717) is 19.6 Å². The van der Waals surface area contributed by atoms with Crippen molar-refractivity contribution >= 4 is 0 Å². The van der Waals surface area contributed by atoms with E-state index in [9.17, 15) is 0 Å². The van der Waals surface area contributed by atoms with Crippen LogP contribution in [0.15, 0.2) is 30.3 Å². The molecule has 2 nitrogen and oxygen atoms in total. The van der Waals surface area contributed by atoms with Crippen molar-refractivity contribution in [3.05, 3.63) is 35.9 Å². The molecule has 1 atom stereocenters. The number of hydrogen-bond donors (Lipinski definition) is 1. The highest BCUT2D eigenvalue weighted by atomic mass is 16.5. The van der Waals surface area contributed by atoms with Crippen molar-refractivity contribution in [3.8, 4) is 0 Å². The van der Waals surface area contributed by atoms with Crippen LogP contribution < -0.4 is 5.32 Å². The molecule has 1 aromatic carbocycles. The van der Waals surface area contributed by atoms with E-state index in [-0.39, 0.29) is 6.10 Å². The van der Waals surface area contributed by atoms with Crippen LogP contribution in [0.5, 0.6) is 0 Å². The van der Waals surface area contributed by atoms with E-state index in [2.05, 4.69) is 5.32 Å². The van der Waals surface area contributed by atoms with Crippen molar-refractivity contribution in [2.24, 2.45) is 0 Å². The average Bonchev–Trinajstić information content (AvgIpc) is 2.41. The van der Waals surface area contributed by atoms with Crippen LogP contribution in [0.2, 0.25) is 0 Å². The van der Waals surface area contributed by atoms with Gasteiger partial charge in [-0.05, 0) is 18.5 Å². The molecule has 0 saturated carbocycles. The van der Waals surface area contributed by atoms with Crippen molar-refractivity contribution in [3.63, 3.8) is 0 Å². The molecule has 0 bridgehead atoms. The minimum Gasteiger partial charge on any atom is -0.372 e. The lowest BCUT2D eigenvalue weighted by Crippen LogP contribution is -2.19. The van der Waals surface area contributed by atoms with Crippen LogP contribution in [0.4, 0.5) is 0 Å². The predicted molar refractivity (Wildman–Crippen MR) is 52.6 cm³/mol. The Morgan fingerprint density at radius 1 is 1.38 bits per heavy atom. The first-order valence-electron chi connectivity index (χ1n) is 5.59. The van der Waals surface area contributed by atoms with Gasteiger partial charge in [0.1, 0.15) is 0 Å². The van der Waals surface area contributed by atoms with E-state index in [1.165, 1.54) is 0 Å². The minimum atomic E-state index is -1.30. The highest BCUT2D eigenvalue weighted by molar-refractivity contribution is 5.18. The SMILES string of the molecule is [2H]C1([2H])CCO[C@@H](c2ccccc2)CN1. The fraction of sp³-hybridized carbons (Fsp3) is 0.455. The first kappa shape index (κ1) is 6.57. The topological polar surface area (TPSA) is 21.3 Å². The molecule has 2 heteroatoms. The molecule has 0 amide bonds. The third-order valence-electron chi connectivity index (χ3n) is 2.13. The Hall–Kier alpha value is -0.860. The maximum absolute atomic E-state index is 7.59. The molecule has 0 unspecified atom stereocenters. The summed E-state index contributed by atoms with van der Waals surface area (Å²) < 4.78 is 20.8. The zero-order valence-electron chi connectivity index (χ0n) is 9.49. The van der Waals surface area contributed by atoms with Crippen molar-refractivity contribution in [2.75, 3.05) is 19.6 Å². The van der Waals surface area contributed by atoms with Crippen LogP contribution in [0, 0.1) is 0 Å². The molecule has 0 spiro atoms. The lowest BCUT2D eigenvalue weighted by molar-refractivity contribution is 0.0669. The van der Waals surface area contributed by atoms with Crippen molar-refractivity contribution < 1.29 is 7.48 Å². The third kappa shape index (κ3) is 2.29. The summed E-state index contributed by atoms with van der Waals surface area (Å²) in [5.41, 5.74) is 1.10. The highest BCUT2D eigenvalue weighted by Crippen LogP contribution is 2.17. The molecule has 0 radical (unpaired) electrons. The molecular weight excluding hydrogens is 162 g/mol. The van der Waals surface area contributed by atoms with Gasteiger partial charge in [0.2, 0.25) is 0 Å². The maximum Gasteiger partial charge on any atom is 0.0949 e. The number of hydrogen-bond acceptors (Lipinski definition) is 2. The molecule has 1 N–H and O–H groups in total. The highest BCUT2D eigenvalue weighted by Gasteiger charge is 2.13. The van der Waals surface area contributed by atoms with Crippen molar-refractivity contribution in [1.29, 1.82) is 0 Å². The van der Waals surface area contributed by atoms with Gasteiger partial charge in [-0.25, -0.2) is 0 Å². The van der Waals surface area contributed by atoms with Crippen molar-refractivity contribution in [1.82, 2.24) is 5.32 Å². The van der Waals surface area contributed by atoms with Gasteiger partial charge in [0, 0.05) is 15.9 Å². The van der Waals surface area contributed by atoms with Crippen molar-refractivity contribution in [2.45, 2.75) is 12.5 Å². The predicted octanol–water partition coefficient (Wildman–Crippen LogP) is 1.74. The molecular formula is C11H15NO.